The molecule has 0 bridgehead atoms. The second-order valence-corrected chi connectivity index (χ2v) is 8.11. The van der Waals surface area contributed by atoms with Gasteiger partial charge >= 0.3 is 0 Å². The molecule has 1 aliphatic rings. The molecule has 0 atom stereocenters. The van der Waals surface area contributed by atoms with Crippen LogP contribution in [-0.4, -0.2) is 46.3 Å². The van der Waals surface area contributed by atoms with Crippen LogP contribution in [0.2, 0.25) is 0 Å². The molecule has 6 nitrogen and oxygen atoms in total. The van der Waals surface area contributed by atoms with Gasteiger partial charge in [-0.1, -0.05) is 0 Å². The van der Waals surface area contributed by atoms with Crippen molar-refractivity contribution < 1.29 is 13.2 Å². The van der Waals surface area contributed by atoms with Crippen molar-refractivity contribution >= 4 is 27.3 Å². The summed E-state index contributed by atoms with van der Waals surface area (Å²) in [7, 11) is -3.52. The van der Waals surface area contributed by atoms with E-state index in [1.165, 1.54) is 12.8 Å². The van der Waals surface area contributed by atoms with Gasteiger partial charge in [0.15, 0.2) is 0 Å². The Bertz CT molecular complexity index is 635. The summed E-state index contributed by atoms with van der Waals surface area (Å²) in [6, 6.07) is 7.33. The average Bonchev–Trinajstić information content (AvgIpc) is 2.97. The number of sulfonamides is 1. The van der Waals surface area contributed by atoms with Gasteiger partial charge in [-0.3, -0.25) is 9.10 Å². The standard InChI is InChI=1S/C16H25N3O3S/c1-13(2)17-16(20)12-19(23(3,21)22)15-8-6-14(7-9-15)18-10-4-5-11-18/h6-9,13H,4-5,10-12H2,1-3H3,(H,17,20). The molecule has 1 aromatic carbocycles. The van der Waals surface area contributed by atoms with Gasteiger partial charge < -0.3 is 10.2 Å². The van der Waals surface area contributed by atoms with Crippen molar-refractivity contribution in [2.45, 2.75) is 32.7 Å². The van der Waals surface area contributed by atoms with E-state index in [-0.39, 0.29) is 18.5 Å². The minimum absolute atomic E-state index is 0.0264. The number of rotatable bonds is 6. The summed E-state index contributed by atoms with van der Waals surface area (Å²) in [5.74, 6) is -0.311. The van der Waals surface area contributed by atoms with Gasteiger partial charge in [0.25, 0.3) is 0 Å². The summed E-state index contributed by atoms with van der Waals surface area (Å²) in [5.41, 5.74) is 1.60. The van der Waals surface area contributed by atoms with Crippen LogP contribution in [0.4, 0.5) is 11.4 Å². The van der Waals surface area contributed by atoms with E-state index in [1.807, 2.05) is 26.0 Å². The summed E-state index contributed by atoms with van der Waals surface area (Å²) in [6.07, 6.45) is 3.49. The van der Waals surface area contributed by atoms with E-state index in [0.29, 0.717) is 5.69 Å². The van der Waals surface area contributed by atoms with Crippen LogP contribution in [0.1, 0.15) is 26.7 Å². The predicted octanol–water partition coefficient (Wildman–Crippen LogP) is 1.58. The van der Waals surface area contributed by atoms with Crippen LogP contribution < -0.4 is 14.5 Å². The third-order valence-corrected chi connectivity index (χ3v) is 4.89. The van der Waals surface area contributed by atoms with Gasteiger partial charge in [-0.15, -0.1) is 0 Å². The smallest absolute Gasteiger partial charge is 0.240 e. The number of hydrogen-bond donors (Lipinski definition) is 1. The van der Waals surface area contributed by atoms with Gasteiger partial charge in [0.1, 0.15) is 6.54 Å². The number of carbonyl (C=O) groups is 1. The fraction of sp³-hybridized carbons (Fsp3) is 0.562. The van der Waals surface area contributed by atoms with Crippen LogP contribution in [0, 0.1) is 0 Å². The first-order valence-electron chi connectivity index (χ1n) is 7.89. The predicted molar refractivity (Wildman–Crippen MR) is 93.4 cm³/mol. The maximum Gasteiger partial charge on any atom is 0.240 e. The van der Waals surface area contributed by atoms with E-state index in [1.54, 1.807) is 12.1 Å². The second kappa shape index (κ2) is 7.21. The van der Waals surface area contributed by atoms with Crippen molar-refractivity contribution in [1.29, 1.82) is 0 Å². The highest BCUT2D eigenvalue weighted by molar-refractivity contribution is 7.92. The zero-order chi connectivity index (χ0) is 17.0. The molecule has 23 heavy (non-hydrogen) atoms. The quantitative estimate of drug-likeness (QED) is 0.854. The van der Waals surface area contributed by atoms with Crippen molar-refractivity contribution in [3.8, 4) is 0 Å². The molecule has 0 saturated carbocycles. The van der Waals surface area contributed by atoms with Gasteiger partial charge in [-0.05, 0) is 51.0 Å². The molecule has 2 rings (SSSR count). The van der Waals surface area contributed by atoms with Gasteiger partial charge in [-0.2, -0.15) is 0 Å². The lowest BCUT2D eigenvalue weighted by atomic mass is 10.2. The highest BCUT2D eigenvalue weighted by atomic mass is 32.2. The minimum atomic E-state index is -3.52. The van der Waals surface area contributed by atoms with Crippen molar-refractivity contribution in [3.05, 3.63) is 24.3 Å². The Morgan fingerprint density at radius 3 is 2.26 bits per heavy atom. The summed E-state index contributed by atoms with van der Waals surface area (Å²) >= 11 is 0. The van der Waals surface area contributed by atoms with E-state index in [9.17, 15) is 13.2 Å². The number of benzene rings is 1. The molecule has 1 aliphatic heterocycles. The summed E-state index contributed by atoms with van der Waals surface area (Å²) in [5, 5.41) is 2.72. The van der Waals surface area contributed by atoms with Gasteiger partial charge in [0.05, 0.1) is 11.9 Å². The lowest BCUT2D eigenvalue weighted by molar-refractivity contribution is -0.120. The van der Waals surface area contributed by atoms with Crippen molar-refractivity contribution in [1.82, 2.24) is 5.32 Å². The Morgan fingerprint density at radius 1 is 1.22 bits per heavy atom. The molecule has 7 heteroatoms. The largest absolute Gasteiger partial charge is 0.372 e. The van der Waals surface area contributed by atoms with Crippen molar-refractivity contribution in [2.24, 2.45) is 0 Å². The monoisotopic (exact) mass is 339 g/mol. The topological polar surface area (TPSA) is 69.7 Å². The highest BCUT2D eigenvalue weighted by Gasteiger charge is 2.21. The van der Waals surface area contributed by atoms with E-state index >= 15 is 0 Å². The normalized spacial score (nSPS) is 15.0. The Labute approximate surface area is 138 Å². The number of hydrogen-bond acceptors (Lipinski definition) is 4. The highest BCUT2D eigenvalue weighted by Crippen LogP contribution is 2.25. The fourth-order valence-electron chi connectivity index (χ4n) is 2.70. The number of amides is 1. The molecule has 1 N–H and O–H groups in total. The number of carbonyl (C=O) groups excluding carboxylic acids is 1. The first-order chi connectivity index (χ1) is 10.8. The molecule has 1 amide bonds. The van der Waals surface area contributed by atoms with Crippen LogP contribution in [0.3, 0.4) is 0 Å². The van der Waals surface area contributed by atoms with Crippen molar-refractivity contribution in [2.75, 3.05) is 35.1 Å². The SMILES string of the molecule is CC(C)NC(=O)CN(c1ccc(N2CCCC2)cc1)S(C)(=O)=O. The summed E-state index contributed by atoms with van der Waals surface area (Å²) in [4.78, 5) is 14.2. The Hall–Kier alpha value is -1.76. The molecule has 0 aliphatic carbocycles. The molecule has 0 aromatic heterocycles. The van der Waals surface area contributed by atoms with Crippen LogP contribution in [-0.2, 0) is 14.8 Å². The average molecular weight is 339 g/mol. The molecule has 128 valence electrons. The van der Waals surface area contributed by atoms with Crippen molar-refractivity contribution in [3.63, 3.8) is 0 Å². The van der Waals surface area contributed by atoms with E-state index < -0.39 is 10.0 Å². The maximum atomic E-state index is 12.0. The summed E-state index contributed by atoms with van der Waals surface area (Å²) < 4.78 is 25.2. The summed E-state index contributed by atoms with van der Waals surface area (Å²) in [6.45, 7) is 5.54. The molecular weight excluding hydrogens is 314 g/mol. The third kappa shape index (κ3) is 4.86. The molecule has 1 aromatic rings. The fourth-order valence-corrected chi connectivity index (χ4v) is 3.56. The first-order valence-corrected chi connectivity index (χ1v) is 9.74. The van der Waals surface area contributed by atoms with Crippen LogP contribution in [0.5, 0.6) is 0 Å². The van der Waals surface area contributed by atoms with E-state index in [0.717, 1.165) is 29.3 Å². The van der Waals surface area contributed by atoms with Crippen LogP contribution in [0.25, 0.3) is 0 Å². The van der Waals surface area contributed by atoms with Gasteiger partial charge in [0, 0.05) is 24.8 Å². The molecule has 0 unspecified atom stereocenters. The number of nitrogens with one attached hydrogen (secondary N) is 1. The molecular formula is C16H25N3O3S. The Kier molecular flexibility index (Phi) is 5.51. The Balaban J connectivity index is 2.17. The minimum Gasteiger partial charge on any atom is -0.372 e. The lowest BCUT2D eigenvalue weighted by Gasteiger charge is -2.24. The van der Waals surface area contributed by atoms with E-state index in [4.69, 9.17) is 0 Å². The zero-order valence-electron chi connectivity index (χ0n) is 13.9. The molecule has 1 heterocycles. The first kappa shape index (κ1) is 17.6. The molecule has 1 saturated heterocycles. The zero-order valence-corrected chi connectivity index (χ0v) is 14.8. The van der Waals surface area contributed by atoms with Crippen LogP contribution in [0.15, 0.2) is 24.3 Å². The van der Waals surface area contributed by atoms with Gasteiger partial charge in [-0.25, -0.2) is 8.42 Å². The van der Waals surface area contributed by atoms with E-state index in [2.05, 4.69) is 10.2 Å². The van der Waals surface area contributed by atoms with Crippen LogP contribution >= 0.6 is 0 Å². The van der Waals surface area contributed by atoms with Gasteiger partial charge in [0.2, 0.25) is 15.9 Å². The third-order valence-electron chi connectivity index (χ3n) is 3.75. The molecule has 0 radical (unpaired) electrons. The lowest BCUT2D eigenvalue weighted by Crippen LogP contribution is -2.42. The molecule has 0 spiro atoms. The second-order valence-electron chi connectivity index (χ2n) is 6.20. The molecule has 1 fully saturated rings. The Morgan fingerprint density at radius 2 is 1.78 bits per heavy atom. The maximum absolute atomic E-state index is 12.0. The number of anilines is 2. The number of nitrogens with zero attached hydrogens (tertiary/aromatic N) is 2.